The molecule has 26 heavy (non-hydrogen) atoms. The maximum Gasteiger partial charge on any atom is 0.238 e. The van der Waals surface area contributed by atoms with E-state index in [1.54, 1.807) is 12.1 Å². The van der Waals surface area contributed by atoms with E-state index >= 15 is 0 Å². The van der Waals surface area contributed by atoms with E-state index in [0.717, 1.165) is 5.69 Å². The Balaban J connectivity index is 2.22. The first-order valence-corrected chi connectivity index (χ1v) is 10.4. The van der Waals surface area contributed by atoms with Crippen LogP contribution in [0.1, 0.15) is 50.7 Å². The van der Waals surface area contributed by atoms with Crippen molar-refractivity contribution in [3.63, 3.8) is 0 Å². The predicted molar refractivity (Wildman–Crippen MR) is 112 cm³/mol. The van der Waals surface area contributed by atoms with Gasteiger partial charge in [0.1, 0.15) is 0 Å². The van der Waals surface area contributed by atoms with E-state index in [9.17, 15) is 8.42 Å². The van der Waals surface area contributed by atoms with Gasteiger partial charge in [-0.3, -0.25) is 0 Å². The molecule has 0 amide bonds. The molecule has 0 saturated carbocycles. The smallest absolute Gasteiger partial charge is 0.238 e. The fraction of sp³-hybridized carbons (Fsp3) is 0.316. The number of hydrogen-bond donors (Lipinski definition) is 3. The van der Waals surface area contributed by atoms with E-state index in [-0.39, 0.29) is 4.90 Å². The first-order valence-electron chi connectivity index (χ1n) is 8.43. The van der Waals surface area contributed by atoms with Crippen LogP contribution in [0, 0.1) is 0 Å². The molecule has 0 aromatic heterocycles. The van der Waals surface area contributed by atoms with Crippen LogP contribution in [-0.4, -0.2) is 13.5 Å². The van der Waals surface area contributed by atoms with Gasteiger partial charge in [-0.1, -0.05) is 45.9 Å². The molecule has 0 bridgehead atoms. The normalized spacial score (nSPS) is 11.7. The van der Waals surface area contributed by atoms with E-state index in [1.807, 2.05) is 0 Å². The zero-order valence-corrected chi connectivity index (χ0v) is 17.0. The fourth-order valence-corrected chi connectivity index (χ4v) is 3.43. The van der Waals surface area contributed by atoms with Crippen LogP contribution in [0.3, 0.4) is 0 Å². The molecule has 2 rings (SSSR count). The lowest BCUT2D eigenvalue weighted by atomic mass is 9.93. The Morgan fingerprint density at radius 3 is 1.85 bits per heavy atom. The van der Waals surface area contributed by atoms with Crippen molar-refractivity contribution in [3.05, 3.63) is 53.6 Å². The molecule has 0 unspecified atom stereocenters. The Labute approximate surface area is 161 Å². The van der Waals surface area contributed by atoms with Crippen molar-refractivity contribution >= 4 is 38.7 Å². The van der Waals surface area contributed by atoms with Crippen LogP contribution in [0.2, 0.25) is 0 Å². The van der Waals surface area contributed by atoms with Gasteiger partial charge in [-0.2, -0.15) is 0 Å². The number of para-hydroxylation sites is 1. The summed E-state index contributed by atoms with van der Waals surface area (Å²) < 4.78 is 22.7. The molecule has 0 aliphatic heterocycles. The van der Waals surface area contributed by atoms with Crippen LogP contribution in [0.4, 0.5) is 11.4 Å². The van der Waals surface area contributed by atoms with Crippen molar-refractivity contribution in [1.82, 2.24) is 0 Å². The maximum atomic E-state index is 11.3. The minimum atomic E-state index is -3.70. The first-order chi connectivity index (χ1) is 12.1. The zero-order valence-electron chi connectivity index (χ0n) is 15.4. The monoisotopic (exact) mass is 391 g/mol. The number of nitrogens with two attached hydrogens (primary N) is 1. The van der Waals surface area contributed by atoms with Crippen molar-refractivity contribution in [2.24, 2.45) is 5.14 Å². The summed E-state index contributed by atoms with van der Waals surface area (Å²) in [5.41, 5.74) is 4.11. The Morgan fingerprint density at radius 1 is 0.923 bits per heavy atom. The second kappa shape index (κ2) is 8.16. The highest BCUT2D eigenvalue weighted by atomic mass is 32.2. The van der Waals surface area contributed by atoms with Crippen molar-refractivity contribution in [2.45, 2.75) is 44.4 Å². The summed E-state index contributed by atoms with van der Waals surface area (Å²) in [6, 6.07) is 12.4. The molecule has 4 N–H and O–H groups in total. The molecule has 0 heterocycles. The van der Waals surface area contributed by atoms with Crippen LogP contribution in [0.15, 0.2) is 47.4 Å². The van der Waals surface area contributed by atoms with Gasteiger partial charge in [-0.15, -0.1) is 0 Å². The molecule has 2 aromatic rings. The van der Waals surface area contributed by atoms with Gasteiger partial charge in [0.25, 0.3) is 0 Å². The Hall–Kier alpha value is -1.96. The van der Waals surface area contributed by atoms with E-state index in [1.165, 1.54) is 23.3 Å². The summed E-state index contributed by atoms with van der Waals surface area (Å²) in [6.07, 6.45) is 0. The van der Waals surface area contributed by atoms with Gasteiger partial charge in [-0.05, 0) is 59.4 Å². The summed E-state index contributed by atoms with van der Waals surface area (Å²) in [5.74, 6) is 0.709. The summed E-state index contributed by atoms with van der Waals surface area (Å²) in [4.78, 5) is 0.0641. The molecule has 0 atom stereocenters. The number of benzene rings is 2. The van der Waals surface area contributed by atoms with E-state index in [4.69, 9.17) is 17.4 Å². The molecule has 0 aliphatic rings. The minimum Gasteiger partial charge on any atom is -0.332 e. The number of anilines is 2. The minimum absolute atomic E-state index is 0.0641. The van der Waals surface area contributed by atoms with Gasteiger partial charge in [-0.25, -0.2) is 13.6 Å². The van der Waals surface area contributed by atoms with Crippen LogP contribution >= 0.6 is 12.2 Å². The lowest BCUT2D eigenvalue weighted by Crippen LogP contribution is -2.21. The second-order valence-corrected chi connectivity index (χ2v) is 8.74. The molecule has 7 heteroatoms. The second-order valence-electron chi connectivity index (χ2n) is 6.77. The molecule has 0 fully saturated rings. The number of rotatable bonds is 5. The fourth-order valence-electron chi connectivity index (χ4n) is 2.70. The highest BCUT2D eigenvalue weighted by molar-refractivity contribution is 7.89. The maximum absolute atomic E-state index is 11.3. The third-order valence-electron chi connectivity index (χ3n) is 4.05. The van der Waals surface area contributed by atoms with Gasteiger partial charge in [0.05, 0.1) is 4.90 Å². The number of primary sulfonamides is 1. The van der Waals surface area contributed by atoms with Gasteiger partial charge in [0, 0.05) is 11.4 Å². The highest BCUT2D eigenvalue weighted by Crippen LogP contribution is 2.32. The van der Waals surface area contributed by atoms with E-state index in [2.05, 4.69) is 56.5 Å². The number of hydrogen-bond acceptors (Lipinski definition) is 3. The third kappa shape index (κ3) is 5.03. The molecular formula is C19H25N3O2S2. The average molecular weight is 392 g/mol. The van der Waals surface area contributed by atoms with Crippen molar-refractivity contribution < 1.29 is 8.42 Å². The lowest BCUT2D eigenvalue weighted by molar-refractivity contribution is 0.598. The summed E-state index contributed by atoms with van der Waals surface area (Å²) >= 11 is 5.45. The molecule has 2 aromatic carbocycles. The molecule has 0 spiro atoms. The molecule has 0 aliphatic carbocycles. The highest BCUT2D eigenvalue weighted by Gasteiger charge is 2.15. The largest absolute Gasteiger partial charge is 0.332 e. The molecule has 0 saturated heterocycles. The van der Waals surface area contributed by atoms with E-state index < -0.39 is 10.0 Å². The van der Waals surface area contributed by atoms with E-state index in [0.29, 0.717) is 22.6 Å². The van der Waals surface area contributed by atoms with Crippen molar-refractivity contribution in [1.29, 1.82) is 0 Å². The number of sulfonamides is 1. The zero-order chi connectivity index (χ0) is 19.5. The molecule has 140 valence electrons. The number of nitrogens with one attached hydrogen (secondary N) is 2. The van der Waals surface area contributed by atoms with Crippen LogP contribution in [0.25, 0.3) is 0 Å². The van der Waals surface area contributed by atoms with Gasteiger partial charge in [0.15, 0.2) is 5.11 Å². The summed E-state index contributed by atoms with van der Waals surface area (Å²) in [7, 11) is -3.70. The van der Waals surface area contributed by atoms with Gasteiger partial charge < -0.3 is 10.6 Å². The van der Waals surface area contributed by atoms with Crippen LogP contribution < -0.4 is 15.8 Å². The Morgan fingerprint density at radius 2 is 1.42 bits per heavy atom. The molecular weight excluding hydrogens is 366 g/mol. The lowest BCUT2D eigenvalue weighted by Gasteiger charge is -2.21. The number of thiocarbonyl (C=S) groups is 1. The summed E-state index contributed by atoms with van der Waals surface area (Å²) in [5, 5.41) is 12.0. The molecule has 0 radical (unpaired) electrons. The van der Waals surface area contributed by atoms with Gasteiger partial charge in [0.2, 0.25) is 10.0 Å². The predicted octanol–water partition coefficient (Wildman–Crippen LogP) is 4.39. The first kappa shape index (κ1) is 20.4. The standard InChI is InChI=1S/C19H25N3O2S2/c1-12(2)16-6-5-7-17(13(3)4)18(16)22-19(25)21-14-8-10-15(11-9-14)26(20,23)24/h5-13H,1-4H3,(H2,20,23,24)(H2,21,22,25). The van der Waals surface area contributed by atoms with Crippen LogP contribution in [0.5, 0.6) is 0 Å². The quantitative estimate of drug-likeness (QED) is 0.658. The summed E-state index contributed by atoms with van der Waals surface area (Å²) in [6.45, 7) is 8.58. The molecule has 5 nitrogen and oxygen atoms in total. The third-order valence-corrected chi connectivity index (χ3v) is 5.19. The van der Waals surface area contributed by atoms with Gasteiger partial charge >= 0.3 is 0 Å². The van der Waals surface area contributed by atoms with Crippen LogP contribution in [-0.2, 0) is 10.0 Å². The Kier molecular flexibility index (Phi) is 6.39. The van der Waals surface area contributed by atoms with Crippen molar-refractivity contribution in [2.75, 3.05) is 10.6 Å². The topological polar surface area (TPSA) is 84.2 Å². The Bertz CT molecular complexity index is 863. The van der Waals surface area contributed by atoms with Crippen molar-refractivity contribution in [3.8, 4) is 0 Å². The SMILES string of the molecule is CC(C)c1cccc(C(C)C)c1NC(=S)Nc1ccc(S(N)(=O)=O)cc1. The average Bonchev–Trinajstić information content (AvgIpc) is 2.54.